The highest BCUT2D eigenvalue weighted by molar-refractivity contribution is 5.97. The van der Waals surface area contributed by atoms with Crippen molar-refractivity contribution < 1.29 is 14.7 Å². The average molecular weight is 248 g/mol. The molecular formula is C13H16N2O3. The van der Waals surface area contributed by atoms with Crippen molar-refractivity contribution in [1.29, 1.82) is 0 Å². The van der Waals surface area contributed by atoms with Crippen LogP contribution in [0.5, 0.6) is 0 Å². The van der Waals surface area contributed by atoms with Crippen LogP contribution in [0.3, 0.4) is 0 Å². The lowest BCUT2D eigenvalue weighted by Crippen LogP contribution is -2.47. The molecule has 0 unspecified atom stereocenters. The molecule has 18 heavy (non-hydrogen) atoms. The maximum atomic E-state index is 11.8. The van der Waals surface area contributed by atoms with Gasteiger partial charge in [0.15, 0.2) is 0 Å². The number of hydrogen-bond acceptors (Lipinski definition) is 3. The molecule has 1 aromatic rings. The highest BCUT2D eigenvalue weighted by Gasteiger charge is 2.34. The summed E-state index contributed by atoms with van der Waals surface area (Å²) < 4.78 is 0. The molecule has 1 fully saturated rings. The minimum absolute atomic E-state index is 0.258. The van der Waals surface area contributed by atoms with Gasteiger partial charge in [-0.05, 0) is 43.5 Å². The van der Waals surface area contributed by atoms with Crippen LogP contribution >= 0.6 is 0 Å². The Morgan fingerprint density at radius 3 is 2.22 bits per heavy atom. The zero-order valence-electron chi connectivity index (χ0n) is 9.98. The first-order valence-corrected chi connectivity index (χ1v) is 5.91. The Labute approximate surface area is 105 Å². The fourth-order valence-electron chi connectivity index (χ4n) is 1.89. The molecule has 0 heterocycles. The van der Waals surface area contributed by atoms with Crippen molar-refractivity contribution in [3.05, 3.63) is 35.4 Å². The van der Waals surface area contributed by atoms with Crippen LogP contribution in [-0.2, 0) is 0 Å². The van der Waals surface area contributed by atoms with E-state index in [1.165, 1.54) is 12.1 Å². The van der Waals surface area contributed by atoms with Gasteiger partial charge in [0.2, 0.25) is 5.91 Å². The minimum Gasteiger partial charge on any atom is -0.388 e. The normalized spacial score (nSPS) is 16.7. The quantitative estimate of drug-likeness (QED) is 0.721. The molecule has 0 aromatic heterocycles. The van der Waals surface area contributed by atoms with Crippen molar-refractivity contribution in [1.82, 2.24) is 5.32 Å². The molecule has 0 atom stereocenters. The lowest BCUT2D eigenvalue weighted by Gasteiger charge is -2.36. The van der Waals surface area contributed by atoms with Crippen LogP contribution in [-0.4, -0.2) is 29.1 Å². The van der Waals surface area contributed by atoms with Gasteiger partial charge in [-0.15, -0.1) is 0 Å². The molecule has 2 rings (SSSR count). The van der Waals surface area contributed by atoms with E-state index in [9.17, 15) is 14.7 Å². The molecule has 5 heteroatoms. The topological polar surface area (TPSA) is 92.4 Å². The third-order valence-corrected chi connectivity index (χ3v) is 3.29. The summed E-state index contributed by atoms with van der Waals surface area (Å²) >= 11 is 0. The summed E-state index contributed by atoms with van der Waals surface area (Å²) in [5, 5.41) is 12.5. The van der Waals surface area contributed by atoms with Crippen LogP contribution < -0.4 is 11.1 Å². The van der Waals surface area contributed by atoms with E-state index >= 15 is 0 Å². The Kier molecular flexibility index (Phi) is 3.34. The Balaban J connectivity index is 1.94. The smallest absolute Gasteiger partial charge is 0.251 e. The van der Waals surface area contributed by atoms with Crippen molar-refractivity contribution in [3.8, 4) is 0 Å². The zero-order valence-corrected chi connectivity index (χ0v) is 9.98. The van der Waals surface area contributed by atoms with Crippen molar-refractivity contribution in [2.45, 2.75) is 24.9 Å². The molecule has 0 spiro atoms. The lowest BCUT2D eigenvalue weighted by molar-refractivity contribution is -0.0300. The molecule has 1 aromatic carbocycles. The van der Waals surface area contributed by atoms with E-state index in [0.717, 1.165) is 19.3 Å². The Bertz CT molecular complexity index is 464. The van der Waals surface area contributed by atoms with Gasteiger partial charge in [-0.1, -0.05) is 0 Å². The number of nitrogens with two attached hydrogens (primary N) is 1. The Morgan fingerprint density at radius 2 is 1.78 bits per heavy atom. The van der Waals surface area contributed by atoms with Gasteiger partial charge in [-0.3, -0.25) is 9.59 Å². The second-order valence-corrected chi connectivity index (χ2v) is 4.70. The van der Waals surface area contributed by atoms with E-state index in [1.807, 2.05) is 0 Å². The summed E-state index contributed by atoms with van der Waals surface area (Å²) in [6.07, 6.45) is 2.46. The van der Waals surface area contributed by atoms with Crippen LogP contribution in [0.25, 0.3) is 0 Å². The van der Waals surface area contributed by atoms with Crippen molar-refractivity contribution in [3.63, 3.8) is 0 Å². The molecule has 1 aliphatic rings. The number of aliphatic hydroxyl groups is 1. The zero-order chi connectivity index (χ0) is 13.2. The summed E-state index contributed by atoms with van der Waals surface area (Å²) in [6.45, 7) is 0.267. The number of rotatable bonds is 4. The summed E-state index contributed by atoms with van der Waals surface area (Å²) in [4.78, 5) is 22.6. The third-order valence-electron chi connectivity index (χ3n) is 3.29. The van der Waals surface area contributed by atoms with Crippen molar-refractivity contribution in [2.24, 2.45) is 5.73 Å². The molecule has 4 N–H and O–H groups in total. The van der Waals surface area contributed by atoms with Gasteiger partial charge in [0.25, 0.3) is 5.91 Å². The van der Waals surface area contributed by atoms with Gasteiger partial charge in [-0.2, -0.15) is 0 Å². The van der Waals surface area contributed by atoms with E-state index < -0.39 is 11.5 Å². The van der Waals surface area contributed by atoms with E-state index in [2.05, 4.69) is 5.32 Å². The van der Waals surface area contributed by atoms with Crippen LogP contribution in [0.15, 0.2) is 24.3 Å². The second kappa shape index (κ2) is 4.78. The first-order chi connectivity index (χ1) is 8.50. The number of amides is 2. The molecule has 0 bridgehead atoms. The fourth-order valence-corrected chi connectivity index (χ4v) is 1.89. The van der Waals surface area contributed by atoms with Crippen molar-refractivity contribution in [2.75, 3.05) is 6.54 Å². The number of primary amides is 1. The van der Waals surface area contributed by atoms with Crippen LogP contribution in [0.2, 0.25) is 0 Å². The molecule has 96 valence electrons. The molecule has 5 nitrogen and oxygen atoms in total. The fraction of sp³-hybridized carbons (Fsp3) is 0.385. The number of nitrogens with one attached hydrogen (secondary N) is 1. The molecular weight excluding hydrogens is 232 g/mol. The molecule has 1 saturated carbocycles. The molecule has 1 aliphatic carbocycles. The summed E-state index contributed by atoms with van der Waals surface area (Å²) in [5.41, 5.74) is 5.19. The number of benzene rings is 1. The van der Waals surface area contributed by atoms with Gasteiger partial charge >= 0.3 is 0 Å². The van der Waals surface area contributed by atoms with E-state index in [-0.39, 0.29) is 12.5 Å². The van der Waals surface area contributed by atoms with Crippen molar-refractivity contribution >= 4 is 11.8 Å². The second-order valence-electron chi connectivity index (χ2n) is 4.70. The SMILES string of the molecule is NC(=O)c1ccc(C(=O)NCC2(O)CCC2)cc1. The van der Waals surface area contributed by atoms with Gasteiger partial charge in [-0.25, -0.2) is 0 Å². The van der Waals surface area contributed by atoms with Gasteiger partial charge in [0, 0.05) is 17.7 Å². The molecule has 0 radical (unpaired) electrons. The molecule has 2 amide bonds. The Hall–Kier alpha value is -1.88. The van der Waals surface area contributed by atoms with E-state index in [0.29, 0.717) is 11.1 Å². The maximum Gasteiger partial charge on any atom is 0.251 e. The highest BCUT2D eigenvalue weighted by atomic mass is 16.3. The van der Waals surface area contributed by atoms with Gasteiger partial charge < -0.3 is 16.2 Å². The lowest BCUT2D eigenvalue weighted by atomic mass is 9.80. The van der Waals surface area contributed by atoms with E-state index in [1.54, 1.807) is 12.1 Å². The number of carbonyl (C=O) groups is 2. The van der Waals surface area contributed by atoms with E-state index in [4.69, 9.17) is 5.73 Å². The average Bonchev–Trinajstić information content (AvgIpc) is 2.33. The standard InChI is InChI=1S/C13H16N2O3/c14-11(16)9-2-4-10(5-3-9)12(17)15-8-13(18)6-1-7-13/h2-5,18H,1,6-8H2,(H2,14,16)(H,15,17). The van der Waals surface area contributed by atoms with Gasteiger partial charge in [0.1, 0.15) is 0 Å². The maximum absolute atomic E-state index is 11.8. The first kappa shape index (κ1) is 12.6. The predicted octanol–water partition coefficient (Wildman–Crippen LogP) is 0.430. The van der Waals surface area contributed by atoms with Crippen LogP contribution in [0, 0.1) is 0 Å². The predicted molar refractivity (Wildman–Crippen MR) is 66.1 cm³/mol. The minimum atomic E-state index is -0.733. The monoisotopic (exact) mass is 248 g/mol. The van der Waals surface area contributed by atoms with Crippen LogP contribution in [0.1, 0.15) is 40.0 Å². The summed E-state index contributed by atoms with van der Waals surface area (Å²) in [6, 6.07) is 6.10. The number of carbonyl (C=O) groups excluding carboxylic acids is 2. The summed E-state index contributed by atoms with van der Waals surface area (Å²) in [7, 11) is 0. The number of hydrogen-bond donors (Lipinski definition) is 3. The largest absolute Gasteiger partial charge is 0.388 e. The third kappa shape index (κ3) is 2.68. The first-order valence-electron chi connectivity index (χ1n) is 5.91. The Morgan fingerprint density at radius 1 is 1.22 bits per heavy atom. The highest BCUT2D eigenvalue weighted by Crippen LogP contribution is 2.30. The molecule has 0 aliphatic heterocycles. The summed E-state index contributed by atoms with van der Waals surface area (Å²) in [5.74, 6) is -0.780. The van der Waals surface area contributed by atoms with Crippen LogP contribution in [0.4, 0.5) is 0 Å². The van der Waals surface area contributed by atoms with Gasteiger partial charge in [0.05, 0.1) is 5.60 Å². The molecule has 0 saturated heterocycles.